The molecule has 4 heteroatoms. The van der Waals surface area contributed by atoms with Gasteiger partial charge in [-0.2, -0.15) is 0 Å². The van der Waals surface area contributed by atoms with Gasteiger partial charge in [0.2, 0.25) is 0 Å². The molecule has 4 nitrogen and oxygen atoms in total. The normalized spacial score (nSPS) is 25.4. The number of nitrogens with one attached hydrogen (secondary N) is 1. The van der Waals surface area contributed by atoms with Crippen LogP contribution in [0.25, 0.3) is 0 Å². The largest absolute Gasteiger partial charge is 0.490 e. The molecule has 2 rings (SSSR count). The van der Waals surface area contributed by atoms with Crippen molar-refractivity contribution in [2.45, 2.75) is 58.8 Å². The van der Waals surface area contributed by atoms with E-state index in [0.29, 0.717) is 31.5 Å². The molecule has 118 valence electrons. The minimum atomic E-state index is 0.306. The van der Waals surface area contributed by atoms with Gasteiger partial charge in [0.1, 0.15) is 0 Å². The third kappa shape index (κ3) is 4.53. The third-order valence-electron chi connectivity index (χ3n) is 3.61. The van der Waals surface area contributed by atoms with Crippen LogP contribution < -0.4 is 14.8 Å². The van der Waals surface area contributed by atoms with E-state index in [-0.39, 0.29) is 0 Å². The Balaban J connectivity index is 2.07. The maximum absolute atomic E-state index is 5.78. The summed E-state index contributed by atoms with van der Waals surface area (Å²) in [5, 5.41) is 3.59. The quantitative estimate of drug-likeness (QED) is 0.864. The molecule has 2 atom stereocenters. The topological polar surface area (TPSA) is 39.7 Å². The first-order valence-corrected chi connectivity index (χ1v) is 7.94. The lowest BCUT2D eigenvalue weighted by atomic mass is 9.99. The lowest BCUT2D eigenvalue weighted by molar-refractivity contribution is -0.0337. The molecular weight excluding hydrogens is 266 g/mol. The Labute approximate surface area is 127 Å². The summed E-state index contributed by atoms with van der Waals surface area (Å²) in [6.07, 6.45) is 2.67. The van der Waals surface area contributed by atoms with E-state index in [1.165, 1.54) is 0 Å². The molecule has 1 N–H and O–H groups in total. The van der Waals surface area contributed by atoms with Gasteiger partial charge in [-0.05, 0) is 52.7 Å². The van der Waals surface area contributed by atoms with Gasteiger partial charge in [-0.1, -0.05) is 0 Å². The van der Waals surface area contributed by atoms with Gasteiger partial charge in [0.05, 0.1) is 25.4 Å². The summed E-state index contributed by atoms with van der Waals surface area (Å²) >= 11 is 0. The molecular formula is C17H27NO3. The minimum absolute atomic E-state index is 0.306. The Morgan fingerprint density at radius 1 is 1.05 bits per heavy atom. The van der Waals surface area contributed by atoms with Gasteiger partial charge in [-0.15, -0.1) is 0 Å². The van der Waals surface area contributed by atoms with Crippen molar-refractivity contribution in [3.8, 4) is 11.5 Å². The maximum atomic E-state index is 5.78. The SMILES string of the molecule is CCOc1ccc(NC2CC(C)OC(C)C2)cc1OCC. The van der Waals surface area contributed by atoms with Crippen molar-refractivity contribution in [1.29, 1.82) is 0 Å². The molecule has 1 saturated heterocycles. The van der Waals surface area contributed by atoms with Crippen LogP contribution in [0.3, 0.4) is 0 Å². The summed E-state index contributed by atoms with van der Waals surface area (Å²) in [6, 6.07) is 6.50. The number of hydrogen-bond acceptors (Lipinski definition) is 4. The fourth-order valence-corrected chi connectivity index (χ4v) is 2.90. The van der Waals surface area contributed by atoms with Crippen molar-refractivity contribution >= 4 is 5.69 Å². The Hall–Kier alpha value is -1.42. The van der Waals surface area contributed by atoms with Crippen LogP contribution in [0.4, 0.5) is 5.69 Å². The van der Waals surface area contributed by atoms with Gasteiger partial charge in [0, 0.05) is 17.8 Å². The molecule has 1 heterocycles. The minimum Gasteiger partial charge on any atom is -0.490 e. The second kappa shape index (κ2) is 7.55. The zero-order chi connectivity index (χ0) is 15.2. The van der Waals surface area contributed by atoms with Crippen molar-refractivity contribution in [3.05, 3.63) is 18.2 Å². The van der Waals surface area contributed by atoms with Crippen LogP contribution in [-0.2, 0) is 4.74 Å². The Morgan fingerprint density at radius 3 is 2.29 bits per heavy atom. The highest BCUT2D eigenvalue weighted by Crippen LogP contribution is 2.32. The molecule has 0 spiro atoms. The lowest BCUT2D eigenvalue weighted by Gasteiger charge is -2.33. The molecule has 0 aromatic heterocycles. The Morgan fingerprint density at radius 2 is 1.67 bits per heavy atom. The molecule has 1 aliphatic rings. The van der Waals surface area contributed by atoms with Crippen molar-refractivity contribution in [3.63, 3.8) is 0 Å². The number of benzene rings is 1. The Kier molecular flexibility index (Phi) is 5.74. The zero-order valence-corrected chi connectivity index (χ0v) is 13.5. The van der Waals surface area contributed by atoms with Gasteiger partial charge < -0.3 is 19.5 Å². The van der Waals surface area contributed by atoms with E-state index in [1.54, 1.807) is 0 Å². The average Bonchev–Trinajstić information content (AvgIpc) is 2.41. The summed E-state index contributed by atoms with van der Waals surface area (Å²) in [5.41, 5.74) is 1.08. The van der Waals surface area contributed by atoms with Gasteiger partial charge in [0.15, 0.2) is 11.5 Å². The van der Waals surface area contributed by atoms with E-state index < -0.39 is 0 Å². The van der Waals surface area contributed by atoms with Crippen LogP contribution in [0, 0.1) is 0 Å². The van der Waals surface area contributed by atoms with E-state index in [4.69, 9.17) is 14.2 Å². The first-order chi connectivity index (χ1) is 10.1. The molecule has 0 amide bonds. The summed E-state index contributed by atoms with van der Waals surface area (Å²) in [4.78, 5) is 0. The predicted molar refractivity (Wildman–Crippen MR) is 85.4 cm³/mol. The first kappa shape index (κ1) is 16.0. The lowest BCUT2D eigenvalue weighted by Crippen LogP contribution is -2.36. The summed E-state index contributed by atoms with van der Waals surface area (Å²) < 4.78 is 17.1. The number of hydrogen-bond donors (Lipinski definition) is 1. The van der Waals surface area contributed by atoms with Gasteiger partial charge >= 0.3 is 0 Å². The molecule has 0 saturated carbocycles. The van der Waals surface area contributed by atoms with Crippen molar-refractivity contribution < 1.29 is 14.2 Å². The molecule has 1 aliphatic heterocycles. The highest BCUT2D eigenvalue weighted by Gasteiger charge is 2.24. The van der Waals surface area contributed by atoms with Crippen molar-refractivity contribution in [2.75, 3.05) is 18.5 Å². The molecule has 1 aromatic rings. The van der Waals surface area contributed by atoms with Crippen LogP contribution in [0.5, 0.6) is 11.5 Å². The van der Waals surface area contributed by atoms with E-state index in [1.807, 2.05) is 26.0 Å². The second-order valence-corrected chi connectivity index (χ2v) is 5.60. The third-order valence-corrected chi connectivity index (χ3v) is 3.61. The van der Waals surface area contributed by atoms with Gasteiger partial charge in [-0.3, -0.25) is 0 Å². The number of rotatable bonds is 6. The fraction of sp³-hybridized carbons (Fsp3) is 0.647. The maximum Gasteiger partial charge on any atom is 0.163 e. The summed E-state index contributed by atoms with van der Waals surface area (Å²) in [6.45, 7) is 9.50. The highest BCUT2D eigenvalue weighted by molar-refractivity contribution is 5.55. The van der Waals surface area contributed by atoms with Crippen LogP contribution in [0.1, 0.15) is 40.5 Å². The van der Waals surface area contributed by atoms with Crippen molar-refractivity contribution in [2.24, 2.45) is 0 Å². The highest BCUT2D eigenvalue weighted by atomic mass is 16.5. The molecule has 1 aromatic carbocycles. The first-order valence-electron chi connectivity index (χ1n) is 7.94. The fourth-order valence-electron chi connectivity index (χ4n) is 2.90. The molecule has 0 radical (unpaired) electrons. The molecule has 0 aliphatic carbocycles. The van der Waals surface area contributed by atoms with Crippen LogP contribution in [-0.4, -0.2) is 31.5 Å². The standard InChI is InChI=1S/C17H27NO3/c1-5-19-16-8-7-14(11-17(16)20-6-2)18-15-9-12(3)21-13(4)10-15/h7-8,11-13,15,18H,5-6,9-10H2,1-4H3. The van der Waals surface area contributed by atoms with Crippen LogP contribution in [0.15, 0.2) is 18.2 Å². The van der Waals surface area contributed by atoms with Crippen molar-refractivity contribution in [1.82, 2.24) is 0 Å². The predicted octanol–water partition coefficient (Wildman–Crippen LogP) is 3.85. The molecule has 2 unspecified atom stereocenters. The Bertz CT molecular complexity index is 440. The van der Waals surface area contributed by atoms with E-state index >= 15 is 0 Å². The van der Waals surface area contributed by atoms with Crippen LogP contribution >= 0.6 is 0 Å². The second-order valence-electron chi connectivity index (χ2n) is 5.60. The monoisotopic (exact) mass is 293 g/mol. The van der Waals surface area contributed by atoms with E-state index in [2.05, 4.69) is 25.2 Å². The number of ether oxygens (including phenoxy) is 3. The van der Waals surface area contributed by atoms with E-state index in [0.717, 1.165) is 30.0 Å². The molecule has 1 fully saturated rings. The summed E-state index contributed by atoms with van der Waals surface area (Å²) in [5.74, 6) is 1.61. The molecule has 21 heavy (non-hydrogen) atoms. The molecule has 0 bridgehead atoms. The zero-order valence-electron chi connectivity index (χ0n) is 13.5. The van der Waals surface area contributed by atoms with Crippen LogP contribution in [0.2, 0.25) is 0 Å². The van der Waals surface area contributed by atoms with Gasteiger partial charge in [-0.25, -0.2) is 0 Å². The number of anilines is 1. The summed E-state index contributed by atoms with van der Waals surface area (Å²) in [7, 11) is 0. The smallest absolute Gasteiger partial charge is 0.163 e. The average molecular weight is 293 g/mol. The van der Waals surface area contributed by atoms with E-state index in [9.17, 15) is 0 Å². The van der Waals surface area contributed by atoms with Gasteiger partial charge in [0.25, 0.3) is 0 Å².